The first-order valence-corrected chi connectivity index (χ1v) is 12.1. The molecule has 1 aliphatic rings. The molecule has 0 radical (unpaired) electrons. The van der Waals surface area contributed by atoms with E-state index in [-0.39, 0.29) is 11.5 Å². The number of ether oxygens (including phenoxy) is 1. The number of nitrogens with zero attached hydrogens (tertiary/aromatic N) is 2. The molecule has 0 atom stereocenters. The average Bonchev–Trinajstić information content (AvgIpc) is 3.36. The van der Waals surface area contributed by atoms with E-state index in [2.05, 4.69) is 5.32 Å². The topological polar surface area (TPSA) is 84.1 Å². The van der Waals surface area contributed by atoms with Gasteiger partial charge in [-0.2, -0.15) is 5.26 Å². The Balaban J connectivity index is 1.68. The number of methoxy groups -OCH3 is 1. The molecule has 174 valence electrons. The highest BCUT2D eigenvalue weighted by Gasteiger charge is 2.28. The third kappa shape index (κ3) is 4.55. The van der Waals surface area contributed by atoms with Gasteiger partial charge in [0.05, 0.1) is 12.7 Å². The van der Waals surface area contributed by atoms with Gasteiger partial charge in [-0.15, -0.1) is 11.3 Å². The van der Waals surface area contributed by atoms with Crippen molar-refractivity contribution in [3.05, 3.63) is 80.5 Å². The number of nitriles is 1. The number of amides is 1. The van der Waals surface area contributed by atoms with Crippen molar-refractivity contribution in [2.24, 2.45) is 0 Å². The van der Waals surface area contributed by atoms with E-state index in [9.17, 15) is 14.9 Å². The van der Waals surface area contributed by atoms with Crippen molar-refractivity contribution in [1.82, 2.24) is 9.88 Å². The molecular formula is C27H27N3O3S. The summed E-state index contributed by atoms with van der Waals surface area (Å²) in [5, 5.41) is 13.3. The zero-order chi connectivity index (χ0) is 24.2. The summed E-state index contributed by atoms with van der Waals surface area (Å²) in [7, 11) is 1.41. The maximum Gasteiger partial charge on any atom is 0.341 e. The number of aromatic nitrogens is 1. The van der Waals surface area contributed by atoms with E-state index in [1.807, 2.05) is 60.9 Å². The number of hydrogen-bond donors (Lipinski definition) is 1. The molecule has 1 amide bonds. The molecule has 6 nitrogen and oxygen atoms in total. The summed E-state index contributed by atoms with van der Waals surface area (Å²) in [4.78, 5) is 26.6. The molecule has 4 rings (SSSR count). The lowest BCUT2D eigenvalue weighted by molar-refractivity contribution is -0.117. The minimum Gasteiger partial charge on any atom is -0.465 e. The maximum absolute atomic E-state index is 12.7. The highest BCUT2D eigenvalue weighted by Crippen LogP contribution is 2.39. The Labute approximate surface area is 203 Å². The van der Waals surface area contributed by atoms with Gasteiger partial charge in [0.1, 0.15) is 16.6 Å². The van der Waals surface area contributed by atoms with Crippen LogP contribution in [0.3, 0.4) is 0 Å². The van der Waals surface area contributed by atoms with Gasteiger partial charge in [-0.1, -0.05) is 30.3 Å². The van der Waals surface area contributed by atoms with Gasteiger partial charge in [0, 0.05) is 22.8 Å². The molecule has 1 aromatic carbocycles. The predicted octanol–water partition coefficient (Wildman–Crippen LogP) is 5.04. The van der Waals surface area contributed by atoms with Crippen LogP contribution in [0.4, 0.5) is 0 Å². The van der Waals surface area contributed by atoms with Crippen LogP contribution in [0.15, 0.2) is 42.0 Å². The first kappa shape index (κ1) is 23.5. The number of carbonyl (C=O) groups is 2. The van der Waals surface area contributed by atoms with E-state index >= 15 is 0 Å². The highest BCUT2D eigenvalue weighted by molar-refractivity contribution is 7.15. The quantitative estimate of drug-likeness (QED) is 0.309. The van der Waals surface area contributed by atoms with Gasteiger partial charge < -0.3 is 14.6 Å². The van der Waals surface area contributed by atoms with Crippen molar-refractivity contribution in [3.63, 3.8) is 0 Å². The van der Waals surface area contributed by atoms with E-state index in [1.54, 1.807) is 17.4 Å². The number of aryl methyl sites for hydroxylation is 2. The number of rotatable bonds is 6. The molecule has 34 heavy (non-hydrogen) atoms. The fourth-order valence-corrected chi connectivity index (χ4v) is 5.93. The van der Waals surface area contributed by atoms with E-state index in [0.717, 1.165) is 58.8 Å². The Morgan fingerprint density at radius 3 is 2.65 bits per heavy atom. The van der Waals surface area contributed by atoms with Crippen LogP contribution in [-0.2, 0) is 28.9 Å². The van der Waals surface area contributed by atoms with E-state index < -0.39 is 5.91 Å². The molecule has 0 bridgehead atoms. The molecule has 2 aromatic heterocycles. The number of thiophene rings is 1. The number of nitrogens with one attached hydrogen (secondary N) is 1. The van der Waals surface area contributed by atoms with Crippen LogP contribution in [0.25, 0.3) is 11.1 Å². The van der Waals surface area contributed by atoms with Crippen molar-refractivity contribution in [3.8, 4) is 11.1 Å². The van der Waals surface area contributed by atoms with Crippen LogP contribution in [0.5, 0.6) is 0 Å². The summed E-state index contributed by atoms with van der Waals surface area (Å²) in [5.74, 6) is -0.741. The van der Waals surface area contributed by atoms with Gasteiger partial charge in [0.2, 0.25) is 0 Å². The van der Waals surface area contributed by atoms with E-state index in [0.29, 0.717) is 12.1 Å². The monoisotopic (exact) mass is 473 g/mol. The van der Waals surface area contributed by atoms with Crippen LogP contribution < -0.4 is 5.32 Å². The van der Waals surface area contributed by atoms with E-state index in [1.165, 1.54) is 12.0 Å². The fourth-order valence-electron chi connectivity index (χ4n) is 4.45. The van der Waals surface area contributed by atoms with Gasteiger partial charge >= 0.3 is 5.97 Å². The molecule has 2 heterocycles. The molecule has 7 heteroatoms. The first-order chi connectivity index (χ1) is 16.4. The summed E-state index contributed by atoms with van der Waals surface area (Å²) in [5.41, 5.74) is 5.30. The van der Waals surface area contributed by atoms with Crippen molar-refractivity contribution in [2.75, 3.05) is 7.11 Å². The normalized spacial score (nSPS) is 13.2. The number of esters is 1. The largest absolute Gasteiger partial charge is 0.465 e. The Morgan fingerprint density at radius 2 is 1.94 bits per heavy atom. The lowest BCUT2D eigenvalue weighted by Gasteiger charge is -2.12. The lowest BCUT2D eigenvalue weighted by Crippen LogP contribution is -2.23. The second-order valence-electron chi connectivity index (χ2n) is 8.38. The van der Waals surface area contributed by atoms with Gasteiger partial charge in [-0.3, -0.25) is 4.79 Å². The molecule has 0 saturated carbocycles. The zero-order valence-electron chi connectivity index (χ0n) is 19.6. The van der Waals surface area contributed by atoms with Gasteiger partial charge in [-0.05, 0) is 68.4 Å². The molecular weight excluding hydrogens is 446 g/mol. The average molecular weight is 474 g/mol. The summed E-state index contributed by atoms with van der Waals surface area (Å²) >= 11 is 1.63. The number of fused-ring (bicyclic) bond motifs is 1. The number of carbonyl (C=O) groups excluding carboxylic acids is 2. The third-order valence-corrected chi connectivity index (χ3v) is 7.45. The third-order valence-electron chi connectivity index (χ3n) is 6.18. The molecule has 0 aliphatic heterocycles. The van der Waals surface area contributed by atoms with Crippen molar-refractivity contribution in [2.45, 2.75) is 46.1 Å². The van der Waals surface area contributed by atoms with Crippen LogP contribution in [0, 0.1) is 25.2 Å². The van der Waals surface area contributed by atoms with Crippen LogP contribution in [0.1, 0.15) is 56.2 Å². The standard InChI is InChI=1S/C27H27N3O3S/c1-17-13-20(14-21(15-28)25(31)29-16-19-9-5-4-6-10-19)18(2)30(17)26-24(27(32)33-3)22-11-7-8-12-23(22)34-26/h4-6,9-10,13-14H,7-8,11-12,16H2,1-3H3,(H,29,31)/b21-14-. The van der Waals surface area contributed by atoms with Crippen LogP contribution in [-0.4, -0.2) is 23.6 Å². The van der Waals surface area contributed by atoms with E-state index in [4.69, 9.17) is 4.74 Å². The molecule has 1 N–H and O–H groups in total. The Morgan fingerprint density at radius 1 is 1.21 bits per heavy atom. The molecule has 0 spiro atoms. The minimum atomic E-state index is -0.419. The van der Waals surface area contributed by atoms with Crippen LogP contribution in [0.2, 0.25) is 0 Å². The SMILES string of the molecule is COC(=O)c1c(-n2c(C)cc(/C=C(/C#N)C(=O)NCc3ccccc3)c2C)sc2c1CCCC2. The molecule has 0 saturated heterocycles. The summed E-state index contributed by atoms with van der Waals surface area (Å²) in [6, 6.07) is 13.5. The summed E-state index contributed by atoms with van der Waals surface area (Å²) in [6.07, 6.45) is 5.65. The molecule has 0 fully saturated rings. The molecule has 0 unspecified atom stereocenters. The second kappa shape index (κ2) is 10.1. The van der Waals surface area contributed by atoms with Crippen LogP contribution >= 0.6 is 11.3 Å². The predicted molar refractivity (Wildman–Crippen MR) is 133 cm³/mol. The van der Waals surface area contributed by atoms with Gasteiger partial charge in [0.25, 0.3) is 5.91 Å². The first-order valence-electron chi connectivity index (χ1n) is 11.3. The molecule has 1 aliphatic carbocycles. The van der Waals surface area contributed by atoms with Gasteiger partial charge in [0.15, 0.2) is 0 Å². The highest BCUT2D eigenvalue weighted by atomic mass is 32.1. The lowest BCUT2D eigenvalue weighted by atomic mass is 9.95. The van der Waals surface area contributed by atoms with Crippen molar-refractivity contribution in [1.29, 1.82) is 5.26 Å². The van der Waals surface area contributed by atoms with Crippen molar-refractivity contribution >= 4 is 29.3 Å². The summed E-state index contributed by atoms with van der Waals surface area (Å²) in [6.45, 7) is 4.25. The Kier molecular flexibility index (Phi) is 6.99. The zero-order valence-corrected chi connectivity index (χ0v) is 20.4. The number of benzene rings is 1. The Bertz CT molecular complexity index is 1310. The van der Waals surface area contributed by atoms with Crippen molar-refractivity contribution < 1.29 is 14.3 Å². The van der Waals surface area contributed by atoms with Gasteiger partial charge in [-0.25, -0.2) is 4.79 Å². The number of hydrogen-bond acceptors (Lipinski definition) is 5. The second-order valence-corrected chi connectivity index (χ2v) is 9.47. The Hall–Kier alpha value is -3.63. The maximum atomic E-state index is 12.7. The fraction of sp³-hybridized carbons (Fsp3) is 0.296. The smallest absolute Gasteiger partial charge is 0.341 e. The molecule has 3 aromatic rings. The minimum absolute atomic E-state index is 0.0369. The summed E-state index contributed by atoms with van der Waals surface area (Å²) < 4.78 is 7.17.